The van der Waals surface area contributed by atoms with Gasteiger partial charge in [-0.2, -0.15) is 0 Å². The van der Waals surface area contributed by atoms with Crippen molar-refractivity contribution in [3.8, 4) is 0 Å². The lowest BCUT2D eigenvalue weighted by Crippen LogP contribution is -2.21. The summed E-state index contributed by atoms with van der Waals surface area (Å²) in [4.78, 5) is 0. The number of benzene rings is 1. The van der Waals surface area contributed by atoms with E-state index >= 15 is 0 Å². The molecule has 0 aromatic heterocycles. The summed E-state index contributed by atoms with van der Waals surface area (Å²) in [5.41, 5.74) is 9.39. The molecule has 4 heteroatoms. The van der Waals surface area contributed by atoms with E-state index in [0.29, 0.717) is 0 Å². The minimum atomic E-state index is -3.03. The predicted octanol–water partition coefficient (Wildman–Crippen LogP) is 1.86. The zero-order valence-electron chi connectivity index (χ0n) is 10.7. The number of sulfone groups is 1. The molecule has 1 aromatic carbocycles. The highest BCUT2D eigenvalue weighted by atomic mass is 32.2. The van der Waals surface area contributed by atoms with Gasteiger partial charge in [0.2, 0.25) is 0 Å². The van der Waals surface area contributed by atoms with Crippen molar-refractivity contribution in [2.45, 2.75) is 32.7 Å². The molecule has 0 saturated carbocycles. The predicted molar refractivity (Wildman–Crippen MR) is 71.8 cm³/mol. The first-order chi connectivity index (χ1) is 7.87. The largest absolute Gasteiger partial charge is 0.323 e. The quantitative estimate of drug-likeness (QED) is 0.873. The molecule has 0 amide bonds. The Morgan fingerprint density at radius 2 is 1.76 bits per heavy atom. The van der Waals surface area contributed by atoms with Crippen LogP contribution in [0.4, 0.5) is 0 Å². The van der Waals surface area contributed by atoms with Crippen molar-refractivity contribution < 1.29 is 8.42 Å². The molecule has 1 aromatic rings. The molecule has 1 unspecified atom stereocenters. The molecule has 1 rings (SSSR count). The molecule has 0 aliphatic heterocycles. The first-order valence-corrected chi connectivity index (χ1v) is 7.98. The summed E-state index contributed by atoms with van der Waals surface area (Å²) in [6.45, 7) is 4.21. The Bertz CT molecular complexity index is 480. The lowest BCUT2D eigenvalue weighted by molar-refractivity contribution is 0.594. The van der Waals surface area contributed by atoms with Crippen LogP contribution in [0.1, 0.15) is 36.6 Å². The molecule has 0 aliphatic carbocycles. The number of aryl methyl sites for hydroxylation is 2. The van der Waals surface area contributed by atoms with Gasteiger partial charge in [0.05, 0.1) is 5.75 Å². The van der Waals surface area contributed by atoms with Gasteiger partial charge in [-0.25, -0.2) is 8.42 Å². The smallest absolute Gasteiger partial charge is 0.149 e. The van der Waals surface area contributed by atoms with E-state index in [1.165, 1.54) is 17.4 Å². The number of rotatable bonds is 5. The summed E-state index contributed by atoms with van der Waals surface area (Å²) in [6.07, 6.45) is 3.15. The molecule has 0 fully saturated rings. The van der Waals surface area contributed by atoms with Crippen LogP contribution in [0, 0.1) is 0 Å². The van der Waals surface area contributed by atoms with Crippen molar-refractivity contribution >= 4 is 9.84 Å². The molecule has 0 aliphatic rings. The third-order valence-electron chi connectivity index (χ3n) is 2.90. The molecule has 17 heavy (non-hydrogen) atoms. The molecule has 0 bridgehead atoms. The molecule has 0 saturated heterocycles. The van der Waals surface area contributed by atoms with Crippen LogP contribution in [0.5, 0.6) is 0 Å². The van der Waals surface area contributed by atoms with E-state index in [0.717, 1.165) is 18.4 Å². The topological polar surface area (TPSA) is 60.2 Å². The van der Waals surface area contributed by atoms with Gasteiger partial charge in [-0.15, -0.1) is 0 Å². The third-order valence-corrected chi connectivity index (χ3v) is 3.87. The maximum atomic E-state index is 11.2. The maximum absolute atomic E-state index is 11.2. The van der Waals surface area contributed by atoms with E-state index in [9.17, 15) is 8.42 Å². The van der Waals surface area contributed by atoms with E-state index < -0.39 is 15.9 Å². The van der Waals surface area contributed by atoms with Crippen LogP contribution in [0.2, 0.25) is 0 Å². The van der Waals surface area contributed by atoms with Crippen LogP contribution in [0.25, 0.3) is 0 Å². The van der Waals surface area contributed by atoms with Gasteiger partial charge >= 0.3 is 0 Å². The zero-order valence-corrected chi connectivity index (χ0v) is 11.5. The van der Waals surface area contributed by atoms with Gasteiger partial charge in [0, 0.05) is 12.3 Å². The maximum Gasteiger partial charge on any atom is 0.149 e. The fraction of sp³-hybridized carbons (Fsp3) is 0.538. The minimum Gasteiger partial charge on any atom is -0.323 e. The van der Waals surface area contributed by atoms with Crippen molar-refractivity contribution in [3.63, 3.8) is 0 Å². The molecule has 0 radical (unpaired) electrons. The molecular formula is C13H21NO2S. The zero-order chi connectivity index (χ0) is 13.1. The summed E-state index contributed by atoms with van der Waals surface area (Å²) in [6, 6.07) is 5.60. The van der Waals surface area contributed by atoms with Gasteiger partial charge in [0.25, 0.3) is 0 Å². The van der Waals surface area contributed by atoms with Crippen LogP contribution in [0.3, 0.4) is 0 Å². The Morgan fingerprint density at radius 3 is 2.24 bits per heavy atom. The lowest BCUT2D eigenvalue weighted by Gasteiger charge is -2.14. The summed E-state index contributed by atoms with van der Waals surface area (Å²) in [5.74, 6) is 0.00161. The average Bonchev–Trinajstić information content (AvgIpc) is 2.25. The van der Waals surface area contributed by atoms with Crippen molar-refractivity contribution in [2.24, 2.45) is 5.73 Å². The second-order valence-electron chi connectivity index (χ2n) is 4.43. The van der Waals surface area contributed by atoms with Crippen LogP contribution >= 0.6 is 0 Å². The molecule has 2 N–H and O–H groups in total. The first-order valence-electron chi connectivity index (χ1n) is 5.92. The third kappa shape index (κ3) is 4.13. The second-order valence-corrected chi connectivity index (χ2v) is 6.62. The van der Waals surface area contributed by atoms with E-state index in [2.05, 4.69) is 19.9 Å². The van der Waals surface area contributed by atoms with Crippen molar-refractivity contribution in [3.05, 3.63) is 34.9 Å². The fourth-order valence-electron chi connectivity index (χ4n) is 1.97. The number of nitrogens with two attached hydrogens (primary N) is 1. The first kappa shape index (κ1) is 14.2. The highest BCUT2D eigenvalue weighted by molar-refractivity contribution is 7.90. The van der Waals surface area contributed by atoms with Crippen LogP contribution < -0.4 is 5.73 Å². The van der Waals surface area contributed by atoms with Gasteiger partial charge in [-0.05, 0) is 29.5 Å². The summed E-state index contributed by atoms with van der Waals surface area (Å²) >= 11 is 0. The summed E-state index contributed by atoms with van der Waals surface area (Å²) in [5, 5.41) is 0. The van der Waals surface area contributed by atoms with Gasteiger partial charge in [0.15, 0.2) is 0 Å². The Balaban J connectivity index is 2.99. The van der Waals surface area contributed by atoms with Crippen LogP contribution in [0.15, 0.2) is 18.2 Å². The van der Waals surface area contributed by atoms with E-state index in [1.807, 2.05) is 12.1 Å². The minimum absolute atomic E-state index is 0.00161. The molecule has 0 spiro atoms. The van der Waals surface area contributed by atoms with Crippen molar-refractivity contribution in [1.82, 2.24) is 0 Å². The monoisotopic (exact) mass is 255 g/mol. The lowest BCUT2D eigenvalue weighted by atomic mass is 9.97. The summed E-state index contributed by atoms with van der Waals surface area (Å²) < 4.78 is 22.4. The Labute approximate surface area is 104 Å². The molecule has 0 heterocycles. The van der Waals surface area contributed by atoms with Crippen LogP contribution in [-0.4, -0.2) is 20.4 Å². The van der Waals surface area contributed by atoms with Crippen molar-refractivity contribution in [1.29, 1.82) is 0 Å². The number of hydrogen-bond donors (Lipinski definition) is 1. The molecular weight excluding hydrogens is 234 g/mol. The molecule has 1 atom stereocenters. The number of hydrogen-bond acceptors (Lipinski definition) is 3. The highest BCUT2D eigenvalue weighted by Gasteiger charge is 2.14. The van der Waals surface area contributed by atoms with Gasteiger partial charge in [-0.1, -0.05) is 32.0 Å². The van der Waals surface area contributed by atoms with E-state index in [4.69, 9.17) is 5.73 Å². The van der Waals surface area contributed by atoms with Crippen LogP contribution in [-0.2, 0) is 22.7 Å². The van der Waals surface area contributed by atoms with Crippen molar-refractivity contribution in [2.75, 3.05) is 12.0 Å². The Hall–Kier alpha value is -0.870. The SMILES string of the molecule is CCc1ccc(C(N)CS(C)(=O)=O)cc1CC. The molecule has 3 nitrogen and oxygen atoms in total. The van der Waals surface area contributed by atoms with Gasteiger partial charge in [0.1, 0.15) is 9.84 Å². The Kier molecular flexibility index (Phi) is 4.71. The van der Waals surface area contributed by atoms with E-state index in [1.54, 1.807) is 0 Å². The summed E-state index contributed by atoms with van der Waals surface area (Å²) in [7, 11) is -3.03. The van der Waals surface area contributed by atoms with Gasteiger partial charge < -0.3 is 5.73 Å². The second kappa shape index (κ2) is 5.65. The Morgan fingerprint density at radius 1 is 1.18 bits per heavy atom. The standard InChI is InChI=1S/C13H21NO2S/c1-4-10-6-7-12(8-11(10)5-2)13(14)9-17(3,15)16/h6-8,13H,4-5,9,14H2,1-3H3. The average molecular weight is 255 g/mol. The van der Waals surface area contributed by atoms with Gasteiger partial charge in [-0.3, -0.25) is 0 Å². The molecule has 96 valence electrons. The normalized spacial score (nSPS) is 13.6. The highest BCUT2D eigenvalue weighted by Crippen LogP contribution is 2.18. The fourth-order valence-corrected chi connectivity index (χ4v) is 2.82. The van der Waals surface area contributed by atoms with E-state index in [-0.39, 0.29) is 5.75 Å².